The quantitative estimate of drug-likeness (QED) is 0.597. The molecule has 3 fully saturated rings. The summed E-state index contributed by atoms with van der Waals surface area (Å²) in [5.74, 6) is -0.389. The predicted molar refractivity (Wildman–Crippen MR) is 145 cm³/mol. The first kappa shape index (κ1) is 25.7. The topological polar surface area (TPSA) is 55.9 Å². The van der Waals surface area contributed by atoms with Crippen molar-refractivity contribution in [3.8, 4) is 0 Å². The molecular formula is C30H39FN4O2. The zero-order chi connectivity index (χ0) is 25.6. The number of rotatable bonds is 5. The number of piperidine rings is 1. The Morgan fingerprint density at radius 2 is 1.41 bits per heavy atom. The molecule has 0 unspecified atom stereocenters. The van der Waals surface area contributed by atoms with Crippen LogP contribution in [-0.2, 0) is 0 Å². The zero-order valence-electron chi connectivity index (χ0n) is 21.7. The molecule has 0 spiro atoms. The van der Waals surface area contributed by atoms with Gasteiger partial charge in [-0.3, -0.25) is 14.5 Å². The highest BCUT2D eigenvalue weighted by Gasteiger charge is 2.29. The third-order valence-electron chi connectivity index (χ3n) is 8.35. The number of para-hydroxylation sites is 1. The lowest BCUT2D eigenvalue weighted by molar-refractivity contribution is 0.0552. The van der Waals surface area contributed by atoms with E-state index in [1.807, 2.05) is 29.2 Å². The standard InChI is InChI=1S/C30H39FN4O2/c31-24-13-11-23(12-14-24)29(36)32-25-15-17-34(18-16-25)28-10-6-5-9-27(28)30(37)35-21-19-33(20-22-35)26-7-3-1-2-4-8-26/h5-6,9-14,25-26H,1-4,7-8,15-22H2,(H,32,36). The molecule has 0 radical (unpaired) electrons. The Kier molecular flexibility index (Phi) is 8.39. The van der Waals surface area contributed by atoms with Gasteiger partial charge < -0.3 is 15.1 Å². The second-order valence-electron chi connectivity index (χ2n) is 10.7. The molecule has 1 saturated carbocycles. The van der Waals surface area contributed by atoms with Crippen molar-refractivity contribution < 1.29 is 14.0 Å². The number of carbonyl (C=O) groups excluding carboxylic acids is 2. The first-order valence-corrected chi connectivity index (χ1v) is 14.0. The van der Waals surface area contributed by atoms with Crippen LogP contribution in [-0.4, -0.2) is 73.0 Å². The molecule has 0 aromatic heterocycles. The average Bonchev–Trinajstić information content (AvgIpc) is 3.23. The summed E-state index contributed by atoms with van der Waals surface area (Å²) in [5, 5.41) is 3.08. The molecule has 2 saturated heterocycles. The molecule has 2 amide bonds. The number of nitrogens with zero attached hydrogens (tertiary/aromatic N) is 3. The fourth-order valence-electron chi connectivity index (χ4n) is 6.15. The molecule has 198 valence electrons. The second kappa shape index (κ2) is 12.1. The molecule has 2 aromatic carbocycles. The van der Waals surface area contributed by atoms with E-state index in [0.29, 0.717) is 11.6 Å². The smallest absolute Gasteiger partial charge is 0.256 e. The maximum atomic E-state index is 13.6. The van der Waals surface area contributed by atoms with Crippen molar-refractivity contribution in [1.29, 1.82) is 0 Å². The van der Waals surface area contributed by atoms with E-state index in [2.05, 4.69) is 15.1 Å². The lowest BCUT2D eigenvalue weighted by Gasteiger charge is -2.40. The molecule has 0 atom stereocenters. The number of carbonyl (C=O) groups is 2. The zero-order valence-corrected chi connectivity index (χ0v) is 21.7. The van der Waals surface area contributed by atoms with Crippen molar-refractivity contribution in [3.63, 3.8) is 0 Å². The Balaban J connectivity index is 1.16. The molecule has 1 aliphatic carbocycles. The van der Waals surface area contributed by atoms with Gasteiger partial charge in [-0.05, 0) is 62.1 Å². The van der Waals surface area contributed by atoms with Crippen molar-refractivity contribution in [1.82, 2.24) is 15.1 Å². The van der Waals surface area contributed by atoms with Crippen LogP contribution in [0.3, 0.4) is 0 Å². The van der Waals surface area contributed by atoms with Crippen molar-refractivity contribution in [2.24, 2.45) is 0 Å². The predicted octanol–water partition coefficient (Wildman–Crippen LogP) is 4.71. The van der Waals surface area contributed by atoms with Crippen LogP contribution in [0.2, 0.25) is 0 Å². The highest BCUT2D eigenvalue weighted by molar-refractivity contribution is 6.00. The SMILES string of the molecule is O=C(NC1CCN(c2ccccc2C(=O)N2CCN(C3CCCCCC3)CC2)CC1)c1ccc(F)cc1. The van der Waals surface area contributed by atoms with Gasteiger partial charge in [0.25, 0.3) is 11.8 Å². The van der Waals surface area contributed by atoms with Gasteiger partial charge in [0, 0.05) is 62.6 Å². The molecule has 3 aliphatic rings. The van der Waals surface area contributed by atoms with E-state index in [1.165, 1.54) is 62.8 Å². The number of nitrogens with one attached hydrogen (secondary N) is 1. The maximum absolute atomic E-state index is 13.6. The summed E-state index contributed by atoms with van der Waals surface area (Å²) in [6.45, 7) is 5.07. The molecule has 7 heteroatoms. The van der Waals surface area contributed by atoms with Crippen molar-refractivity contribution in [2.45, 2.75) is 63.5 Å². The Hall–Kier alpha value is -2.93. The summed E-state index contributed by atoms with van der Waals surface area (Å²) < 4.78 is 13.2. The molecule has 6 nitrogen and oxygen atoms in total. The van der Waals surface area contributed by atoms with Gasteiger partial charge in [-0.25, -0.2) is 4.39 Å². The number of benzene rings is 2. The van der Waals surface area contributed by atoms with Crippen LogP contribution in [0.25, 0.3) is 0 Å². The molecule has 0 bridgehead atoms. The van der Waals surface area contributed by atoms with Gasteiger partial charge in [0.15, 0.2) is 0 Å². The molecule has 37 heavy (non-hydrogen) atoms. The van der Waals surface area contributed by atoms with E-state index < -0.39 is 0 Å². The van der Waals surface area contributed by atoms with Gasteiger partial charge in [0.1, 0.15) is 5.82 Å². The monoisotopic (exact) mass is 506 g/mol. The van der Waals surface area contributed by atoms with Crippen molar-refractivity contribution in [3.05, 3.63) is 65.5 Å². The lowest BCUT2D eigenvalue weighted by atomic mass is 10.0. The van der Waals surface area contributed by atoms with Crippen LogP contribution >= 0.6 is 0 Å². The van der Waals surface area contributed by atoms with Gasteiger partial charge in [0.05, 0.1) is 5.56 Å². The molecule has 2 heterocycles. The van der Waals surface area contributed by atoms with Gasteiger partial charge >= 0.3 is 0 Å². The first-order chi connectivity index (χ1) is 18.1. The Labute approximate surface area is 219 Å². The largest absolute Gasteiger partial charge is 0.371 e. The number of hydrogen-bond donors (Lipinski definition) is 1. The number of anilines is 1. The van der Waals surface area contributed by atoms with Crippen LogP contribution in [0.5, 0.6) is 0 Å². The minimum Gasteiger partial charge on any atom is -0.371 e. The van der Waals surface area contributed by atoms with Gasteiger partial charge in [0.2, 0.25) is 0 Å². The van der Waals surface area contributed by atoms with Gasteiger partial charge in [-0.1, -0.05) is 37.8 Å². The van der Waals surface area contributed by atoms with Crippen LogP contribution in [0, 0.1) is 5.82 Å². The summed E-state index contributed by atoms with van der Waals surface area (Å²) in [4.78, 5) is 33.0. The number of halogens is 1. The first-order valence-electron chi connectivity index (χ1n) is 14.0. The maximum Gasteiger partial charge on any atom is 0.256 e. The average molecular weight is 507 g/mol. The molecular weight excluding hydrogens is 467 g/mol. The van der Waals surface area contributed by atoms with E-state index in [0.717, 1.165) is 63.4 Å². The number of hydrogen-bond acceptors (Lipinski definition) is 4. The Morgan fingerprint density at radius 1 is 0.757 bits per heavy atom. The summed E-state index contributed by atoms with van der Waals surface area (Å²) >= 11 is 0. The van der Waals surface area contributed by atoms with Crippen LogP contribution < -0.4 is 10.2 Å². The molecule has 2 aliphatic heterocycles. The van der Waals surface area contributed by atoms with Crippen molar-refractivity contribution in [2.75, 3.05) is 44.2 Å². The molecule has 1 N–H and O–H groups in total. The highest BCUT2D eigenvalue weighted by Crippen LogP contribution is 2.27. The van der Waals surface area contributed by atoms with Crippen LogP contribution in [0.1, 0.15) is 72.1 Å². The lowest BCUT2D eigenvalue weighted by Crippen LogP contribution is -2.52. The summed E-state index contributed by atoms with van der Waals surface area (Å²) in [6.07, 6.45) is 9.61. The third-order valence-corrected chi connectivity index (χ3v) is 8.35. The Morgan fingerprint density at radius 3 is 2.08 bits per heavy atom. The normalized spacial score (nSPS) is 20.5. The molecule has 5 rings (SSSR count). The third kappa shape index (κ3) is 6.32. The van der Waals surface area contributed by atoms with E-state index in [4.69, 9.17) is 0 Å². The fourth-order valence-corrected chi connectivity index (χ4v) is 6.15. The van der Waals surface area contributed by atoms with Gasteiger partial charge in [-0.15, -0.1) is 0 Å². The summed E-state index contributed by atoms with van der Waals surface area (Å²) in [7, 11) is 0. The van der Waals surface area contributed by atoms with E-state index in [9.17, 15) is 14.0 Å². The van der Waals surface area contributed by atoms with Crippen LogP contribution in [0.15, 0.2) is 48.5 Å². The van der Waals surface area contributed by atoms with E-state index in [1.54, 1.807) is 0 Å². The second-order valence-corrected chi connectivity index (χ2v) is 10.7. The Bertz CT molecular complexity index is 1050. The van der Waals surface area contributed by atoms with E-state index in [-0.39, 0.29) is 23.7 Å². The van der Waals surface area contributed by atoms with Crippen LogP contribution in [0.4, 0.5) is 10.1 Å². The molecule has 2 aromatic rings. The number of piperazine rings is 1. The highest BCUT2D eigenvalue weighted by atomic mass is 19.1. The van der Waals surface area contributed by atoms with Crippen molar-refractivity contribution >= 4 is 17.5 Å². The number of amides is 2. The summed E-state index contributed by atoms with van der Waals surface area (Å²) in [6, 6.07) is 14.4. The minimum absolute atomic E-state index is 0.0636. The fraction of sp³-hybridized carbons (Fsp3) is 0.533. The van der Waals surface area contributed by atoms with Gasteiger partial charge in [-0.2, -0.15) is 0 Å². The van der Waals surface area contributed by atoms with E-state index >= 15 is 0 Å². The summed E-state index contributed by atoms with van der Waals surface area (Å²) in [5.41, 5.74) is 2.24. The minimum atomic E-state index is -0.348.